The average Bonchev–Trinajstić information content (AvgIpc) is 2.62. The topological polar surface area (TPSA) is 63.4 Å². The molecular weight excluding hydrogens is 340 g/mol. The lowest BCUT2D eigenvalue weighted by Crippen LogP contribution is -2.39. The number of piperidine rings is 1. The molecule has 0 aromatic heterocycles. The first kappa shape index (κ1) is 17.4. The largest absolute Gasteiger partial charge is 0.339 e. The molecule has 3 rings (SSSR count). The highest BCUT2D eigenvalue weighted by molar-refractivity contribution is 6.34. The zero-order chi connectivity index (χ0) is 17.8. The van der Waals surface area contributed by atoms with E-state index in [1.165, 1.54) is 23.8 Å². The molecule has 0 bridgehead atoms. The number of benzene rings is 2. The van der Waals surface area contributed by atoms with Crippen molar-refractivity contribution in [2.45, 2.75) is 19.3 Å². The molecule has 0 spiro atoms. The maximum Gasteiger partial charge on any atom is 0.270 e. The number of hydrogen-bond donors (Lipinski definition) is 0. The van der Waals surface area contributed by atoms with E-state index < -0.39 is 4.92 Å². The zero-order valence-corrected chi connectivity index (χ0v) is 14.5. The third-order valence-corrected chi connectivity index (χ3v) is 4.98. The van der Waals surface area contributed by atoms with Crippen molar-refractivity contribution in [3.05, 3.63) is 74.8 Å². The molecule has 0 unspecified atom stereocenters. The van der Waals surface area contributed by atoms with Crippen molar-refractivity contribution in [2.24, 2.45) is 5.92 Å². The van der Waals surface area contributed by atoms with Crippen LogP contribution in [0, 0.1) is 16.0 Å². The van der Waals surface area contributed by atoms with Crippen molar-refractivity contribution in [1.29, 1.82) is 0 Å². The number of rotatable bonds is 4. The maximum atomic E-state index is 12.6. The summed E-state index contributed by atoms with van der Waals surface area (Å²) >= 11 is 6.07. The Morgan fingerprint density at radius 1 is 1.16 bits per heavy atom. The van der Waals surface area contributed by atoms with Gasteiger partial charge in [0.05, 0.1) is 15.5 Å². The van der Waals surface area contributed by atoms with Crippen LogP contribution in [0.5, 0.6) is 0 Å². The molecule has 2 aromatic carbocycles. The molecule has 6 heteroatoms. The van der Waals surface area contributed by atoms with E-state index in [4.69, 9.17) is 11.6 Å². The highest BCUT2D eigenvalue weighted by Gasteiger charge is 2.25. The minimum Gasteiger partial charge on any atom is -0.339 e. The summed E-state index contributed by atoms with van der Waals surface area (Å²) in [5, 5.41) is 10.9. The number of hydrogen-bond acceptors (Lipinski definition) is 3. The first-order valence-corrected chi connectivity index (χ1v) is 8.69. The van der Waals surface area contributed by atoms with Gasteiger partial charge in [0.15, 0.2) is 0 Å². The van der Waals surface area contributed by atoms with Gasteiger partial charge in [0.25, 0.3) is 11.6 Å². The van der Waals surface area contributed by atoms with E-state index >= 15 is 0 Å². The summed E-state index contributed by atoms with van der Waals surface area (Å²) in [6.45, 7) is 1.37. The Kier molecular flexibility index (Phi) is 5.34. The first-order chi connectivity index (χ1) is 12.0. The number of carbonyl (C=O) groups excluding carboxylic acids is 1. The number of amides is 1. The van der Waals surface area contributed by atoms with Crippen LogP contribution < -0.4 is 0 Å². The van der Waals surface area contributed by atoms with Gasteiger partial charge in [-0.15, -0.1) is 0 Å². The van der Waals surface area contributed by atoms with E-state index in [0.717, 1.165) is 19.3 Å². The lowest BCUT2D eigenvalue weighted by molar-refractivity contribution is -0.384. The third kappa shape index (κ3) is 4.17. The fourth-order valence-electron chi connectivity index (χ4n) is 3.25. The maximum absolute atomic E-state index is 12.6. The Bertz CT molecular complexity index is 771. The molecule has 25 heavy (non-hydrogen) atoms. The molecule has 0 N–H and O–H groups in total. The monoisotopic (exact) mass is 358 g/mol. The normalized spacial score (nSPS) is 15.2. The van der Waals surface area contributed by atoms with Crippen LogP contribution in [0.3, 0.4) is 0 Å². The summed E-state index contributed by atoms with van der Waals surface area (Å²) in [6, 6.07) is 14.4. The second-order valence-corrected chi connectivity index (χ2v) is 6.75. The van der Waals surface area contributed by atoms with Crippen molar-refractivity contribution in [3.63, 3.8) is 0 Å². The van der Waals surface area contributed by atoms with Crippen LogP contribution in [0.2, 0.25) is 5.02 Å². The second kappa shape index (κ2) is 7.66. The quantitative estimate of drug-likeness (QED) is 0.603. The second-order valence-electron chi connectivity index (χ2n) is 6.35. The Labute approximate surface area is 151 Å². The van der Waals surface area contributed by atoms with Crippen LogP contribution in [0.25, 0.3) is 0 Å². The van der Waals surface area contributed by atoms with Crippen LogP contribution in [0.1, 0.15) is 28.8 Å². The number of nitro groups is 1. The number of halogens is 1. The minimum atomic E-state index is -0.519. The van der Waals surface area contributed by atoms with Crippen LogP contribution in [-0.2, 0) is 6.42 Å². The van der Waals surface area contributed by atoms with E-state index in [9.17, 15) is 14.9 Å². The molecule has 0 atom stereocenters. The van der Waals surface area contributed by atoms with Crippen molar-refractivity contribution < 1.29 is 9.72 Å². The van der Waals surface area contributed by atoms with Gasteiger partial charge in [-0.1, -0.05) is 41.9 Å². The smallest absolute Gasteiger partial charge is 0.270 e. The van der Waals surface area contributed by atoms with Crippen LogP contribution in [0.4, 0.5) is 5.69 Å². The Morgan fingerprint density at radius 2 is 1.84 bits per heavy atom. The molecule has 130 valence electrons. The molecule has 5 nitrogen and oxygen atoms in total. The third-order valence-electron chi connectivity index (χ3n) is 4.66. The highest BCUT2D eigenvalue weighted by Crippen LogP contribution is 2.27. The van der Waals surface area contributed by atoms with E-state index in [0.29, 0.717) is 24.6 Å². The molecule has 1 heterocycles. The molecule has 1 aliphatic heterocycles. The van der Waals surface area contributed by atoms with Gasteiger partial charge < -0.3 is 4.90 Å². The lowest BCUT2D eigenvalue weighted by Gasteiger charge is -2.32. The number of non-ortho nitro benzene ring substituents is 1. The van der Waals surface area contributed by atoms with Crippen LogP contribution in [0.15, 0.2) is 48.5 Å². The molecule has 1 amide bonds. The van der Waals surface area contributed by atoms with Crippen molar-refractivity contribution >= 4 is 23.2 Å². The van der Waals surface area contributed by atoms with Crippen molar-refractivity contribution in [1.82, 2.24) is 4.90 Å². The van der Waals surface area contributed by atoms with Gasteiger partial charge in [0, 0.05) is 25.2 Å². The SMILES string of the molecule is O=C(c1ccc([N+](=O)[O-])cc1Cl)N1CCC(Cc2ccccc2)CC1. The van der Waals surface area contributed by atoms with Crippen LogP contribution >= 0.6 is 11.6 Å². The molecule has 1 aliphatic rings. The minimum absolute atomic E-state index is 0.108. The molecule has 1 saturated heterocycles. The van der Waals surface area contributed by atoms with Gasteiger partial charge in [-0.25, -0.2) is 0 Å². The van der Waals surface area contributed by atoms with Crippen molar-refractivity contribution in [2.75, 3.05) is 13.1 Å². The Hall–Kier alpha value is -2.40. The molecule has 0 radical (unpaired) electrons. The molecular formula is C19H19ClN2O3. The lowest BCUT2D eigenvalue weighted by atomic mass is 9.90. The number of carbonyl (C=O) groups is 1. The number of likely N-dealkylation sites (tertiary alicyclic amines) is 1. The summed E-state index contributed by atoms with van der Waals surface area (Å²) in [7, 11) is 0. The van der Waals surface area contributed by atoms with Crippen molar-refractivity contribution in [3.8, 4) is 0 Å². The van der Waals surface area contributed by atoms with Gasteiger partial charge in [0.1, 0.15) is 0 Å². The van der Waals surface area contributed by atoms with Gasteiger partial charge in [-0.3, -0.25) is 14.9 Å². The summed E-state index contributed by atoms with van der Waals surface area (Å²) in [6.07, 6.45) is 2.93. The summed E-state index contributed by atoms with van der Waals surface area (Å²) in [4.78, 5) is 24.7. The molecule has 0 aliphatic carbocycles. The fourth-order valence-corrected chi connectivity index (χ4v) is 3.50. The van der Waals surface area contributed by atoms with Gasteiger partial charge in [0.2, 0.25) is 0 Å². The Balaban J connectivity index is 1.61. The van der Waals surface area contributed by atoms with E-state index in [1.807, 2.05) is 18.2 Å². The standard InChI is InChI=1S/C19H19ClN2O3/c20-18-13-16(22(24)25)6-7-17(18)19(23)21-10-8-15(9-11-21)12-14-4-2-1-3-5-14/h1-7,13,15H,8-12H2. The first-order valence-electron chi connectivity index (χ1n) is 8.31. The van der Waals surface area contributed by atoms with Gasteiger partial charge in [-0.05, 0) is 36.8 Å². The van der Waals surface area contributed by atoms with Gasteiger partial charge in [-0.2, -0.15) is 0 Å². The molecule has 1 fully saturated rings. The van der Waals surface area contributed by atoms with E-state index in [2.05, 4.69) is 12.1 Å². The predicted octanol–water partition coefficient (Wildman–Crippen LogP) is 4.34. The predicted molar refractivity (Wildman–Crippen MR) is 96.9 cm³/mol. The Morgan fingerprint density at radius 3 is 2.44 bits per heavy atom. The highest BCUT2D eigenvalue weighted by atomic mass is 35.5. The van der Waals surface area contributed by atoms with E-state index in [-0.39, 0.29) is 16.6 Å². The molecule has 2 aromatic rings. The van der Waals surface area contributed by atoms with Crippen LogP contribution in [-0.4, -0.2) is 28.8 Å². The average molecular weight is 359 g/mol. The van der Waals surface area contributed by atoms with Gasteiger partial charge >= 0.3 is 0 Å². The number of nitrogens with zero attached hydrogens (tertiary/aromatic N) is 2. The zero-order valence-electron chi connectivity index (χ0n) is 13.7. The van der Waals surface area contributed by atoms with E-state index in [1.54, 1.807) is 4.90 Å². The summed E-state index contributed by atoms with van der Waals surface area (Å²) < 4.78 is 0. The summed E-state index contributed by atoms with van der Waals surface area (Å²) in [5.41, 5.74) is 1.54. The molecule has 0 saturated carbocycles. The fraction of sp³-hybridized carbons (Fsp3) is 0.316. The summed E-state index contributed by atoms with van der Waals surface area (Å²) in [5.74, 6) is 0.414. The number of nitro benzene ring substituents is 1.